The fourth-order valence-corrected chi connectivity index (χ4v) is 6.89. The first-order valence-electron chi connectivity index (χ1n) is 12.5. The van der Waals surface area contributed by atoms with Crippen molar-refractivity contribution >= 4 is 5.78 Å². The van der Waals surface area contributed by atoms with Crippen molar-refractivity contribution in [1.29, 1.82) is 0 Å². The molecule has 0 radical (unpaired) electrons. The molecule has 31 heavy (non-hydrogen) atoms. The summed E-state index contributed by atoms with van der Waals surface area (Å²) >= 11 is 0. The first kappa shape index (κ1) is 24.7. The molecule has 0 saturated heterocycles. The van der Waals surface area contributed by atoms with E-state index in [0.29, 0.717) is 24.2 Å². The molecule has 3 saturated carbocycles. The Bertz CT molecular complexity index is 715. The Kier molecular flexibility index (Phi) is 7.55. The summed E-state index contributed by atoms with van der Waals surface area (Å²) in [5, 5.41) is 30.5. The molecular formula is C27H44O4. The van der Waals surface area contributed by atoms with Crippen molar-refractivity contribution in [2.75, 3.05) is 0 Å². The van der Waals surface area contributed by atoms with Gasteiger partial charge in [0.05, 0.1) is 6.10 Å². The first-order chi connectivity index (χ1) is 14.4. The molecule has 0 aromatic carbocycles. The maximum Gasteiger partial charge on any atom is 0.192 e. The zero-order valence-corrected chi connectivity index (χ0v) is 20.2. The predicted octanol–water partition coefficient (Wildman–Crippen LogP) is 4.96. The van der Waals surface area contributed by atoms with Crippen molar-refractivity contribution < 1.29 is 20.1 Å². The maximum atomic E-state index is 12.3. The summed E-state index contributed by atoms with van der Waals surface area (Å²) in [6.45, 7) is 9.77. The molecule has 4 heteroatoms. The molecule has 3 aliphatic carbocycles. The lowest BCUT2D eigenvalue weighted by atomic mass is 9.60. The first-order valence-corrected chi connectivity index (χ1v) is 12.5. The Hall–Kier alpha value is -0.970. The SMILES string of the molecule is C[C@H](C[C@@H](O)C(=O)C(C)(C)O)[C@H]1CC[C@@H]2/C(=C/C=C3C[C@@H](O)CC[C@@H]3C)CCC[C@@]21C. The molecule has 0 amide bonds. The molecule has 7 atom stereocenters. The quantitative estimate of drug-likeness (QED) is 0.554. The minimum Gasteiger partial charge on any atom is -0.393 e. The van der Waals surface area contributed by atoms with E-state index >= 15 is 0 Å². The van der Waals surface area contributed by atoms with Crippen LogP contribution in [0.25, 0.3) is 0 Å². The van der Waals surface area contributed by atoms with Crippen LogP contribution >= 0.6 is 0 Å². The second-order valence-electron chi connectivity index (χ2n) is 11.6. The van der Waals surface area contributed by atoms with Crippen LogP contribution in [-0.4, -0.2) is 38.9 Å². The maximum absolute atomic E-state index is 12.3. The van der Waals surface area contributed by atoms with Crippen molar-refractivity contribution in [3.63, 3.8) is 0 Å². The molecule has 3 fully saturated rings. The number of aliphatic hydroxyl groups is 3. The van der Waals surface area contributed by atoms with Crippen molar-refractivity contribution in [2.24, 2.45) is 29.1 Å². The van der Waals surface area contributed by atoms with Gasteiger partial charge in [-0.3, -0.25) is 4.79 Å². The van der Waals surface area contributed by atoms with Crippen LogP contribution in [0, 0.1) is 29.1 Å². The number of hydrogen-bond donors (Lipinski definition) is 3. The molecule has 3 rings (SSSR count). The Morgan fingerprint density at radius 2 is 1.87 bits per heavy atom. The third kappa shape index (κ3) is 5.34. The number of fused-ring (bicyclic) bond motifs is 1. The van der Waals surface area contributed by atoms with Gasteiger partial charge in [0.2, 0.25) is 0 Å². The molecule has 176 valence electrons. The Morgan fingerprint density at radius 3 is 2.55 bits per heavy atom. The average Bonchev–Trinajstić information content (AvgIpc) is 3.04. The third-order valence-electron chi connectivity index (χ3n) is 8.77. The Labute approximate surface area is 188 Å². The molecule has 4 nitrogen and oxygen atoms in total. The smallest absolute Gasteiger partial charge is 0.192 e. The number of carbonyl (C=O) groups excluding carboxylic acids is 1. The molecule has 0 aromatic heterocycles. The lowest BCUT2D eigenvalue weighted by molar-refractivity contribution is -0.144. The Balaban J connectivity index is 1.72. The van der Waals surface area contributed by atoms with Gasteiger partial charge in [-0.25, -0.2) is 0 Å². The monoisotopic (exact) mass is 432 g/mol. The summed E-state index contributed by atoms with van der Waals surface area (Å²) in [6.07, 6.45) is 12.5. The molecule has 0 heterocycles. The zero-order chi connectivity index (χ0) is 23.0. The molecule has 0 aromatic rings. The van der Waals surface area contributed by atoms with E-state index in [1.807, 2.05) is 0 Å². The van der Waals surface area contributed by atoms with Gasteiger partial charge in [-0.15, -0.1) is 0 Å². The van der Waals surface area contributed by atoms with Crippen LogP contribution < -0.4 is 0 Å². The largest absolute Gasteiger partial charge is 0.393 e. The minimum absolute atomic E-state index is 0.188. The van der Waals surface area contributed by atoms with Gasteiger partial charge in [0.1, 0.15) is 11.7 Å². The van der Waals surface area contributed by atoms with E-state index in [9.17, 15) is 20.1 Å². The molecule has 3 aliphatic rings. The summed E-state index contributed by atoms with van der Waals surface area (Å²) in [7, 11) is 0. The van der Waals surface area contributed by atoms with Gasteiger partial charge >= 0.3 is 0 Å². The number of ketones is 1. The fourth-order valence-electron chi connectivity index (χ4n) is 6.89. The highest BCUT2D eigenvalue weighted by Gasteiger charge is 2.51. The van der Waals surface area contributed by atoms with Crippen LogP contribution in [0.2, 0.25) is 0 Å². The number of allylic oxidation sites excluding steroid dienone is 3. The highest BCUT2D eigenvalue weighted by Crippen LogP contribution is 2.60. The van der Waals surface area contributed by atoms with Gasteiger partial charge in [-0.05, 0) is 101 Å². The van der Waals surface area contributed by atoms with Crippen LogP contribution in [0.4, 0.5) is 0 Å². The lowest BCUT2D eigenvalue weighted by Gasteiger charge is -2.44. The van der Waals surface area contributed by atoms with E-state index in [1.165, 1.54) is 38.7 Å². The minimum atomic E-state index is -1.49. The third-order valence-corrected chi connectivity index (χ3v) is 8.77. The lowest BCUT2D eigenvalue weighted by Crippen LogP contribution is -2.42. The van der Waals surface area contributed by atoms with Gasteiger partial charge in [-0.2, -0.15) is 0 Å². The standard InChI is InChI=1S/C27H44O4/c1-17-8-11-21(28)16-20(17)10-9-19-7-6-14-27(5)22(12-13-23(19)27)18(2)15-24(29)25(30)26(3,4)31/h9-10,17-18,21-24,28-29,31H,6-8,11-16H2,1-5H3/b19-9+,20-10?/t17-,18+,21-,22+,23+,24+,27+/m0/s1. The molecule has 0 aliphatic heterocycles. The van der Waals surface area contributed by atoms with Gasteiger partial charge in [-0.1, -0.05) is 44.1 Å². The van der Waals surface area contributed by atoms with Crippen LogP contribution in [0.1, 0.15) is 92.4 Å². The average molecular weight is 433 g/mol. The van der Waals surface area contributed by atoms with E-state index in [2.05, 4.69) is 32.9 Å². The number of rotatable bonds is 6. The van der Waals surface area contributed by atoms with Crippen LogP contribution in [0.5, 0.6) is 0 Å². The van der Waals surface area contributed by atoms with Gasteiger partial charge in [0.15, 0.2) is 5.78 Å². The fraction of sp³-hybridized carbons (Fsp3) is 0.815. The van der Waals surface area contributed by atoms with Gasteiger partial charge < -0.3 is 15.3 Å². The molecule has 0 bridgehead atoms. The second kappa shape index (κ2) is 9.49. The number of Topliss-reactive ketones (excluding diaryl/α,β-unsaturated/α-hetero) is 1. The van der Waals surface area contributed by atoms with E-state index in [-0.39, 0.29) is 17.4 Å². The summed E-state index contributed by atoms with van der Waals surface area (Å²) in [5.41, 5.74) is 1.65. The van der Waals surface area contributed by atoms with Crippen molar-refractivity contribution in [1.82, 2.24) is 0 Å². The summed E-state index contributed by atoms with van der Waals surface area (Å²) in [5.74, 6) is 1.37. The van der Waals surface area contributed by atoms with Crippen molar-refractivity contribution in [3.05, 3.63) is 23.3 Å². The van der Waals surface area contributed by atoms with E-state index < -0.39 is 17.5 Å². The summed E-state index contributed by atoms with van der Waals surface area (Å²) < 4.78 is 0. The van der Waals surface area contributed by atoms with E-state index in [0.717, 1.165) is 32.1 Å². The van der Waals surface area contributed by atoms with Gasteiger partial charge in [0.25, 0.3) is 0 Å². The molecule has 3 N–H and O–H groups in total. The topological polar surface area (TPSA) is 77.8 Å². The highest BCUT2D eigenvalue weighted by atomic mass is 16.3. The highest BCUT2D eigenvalue weighted by molar-refractivity contribution is 5.89. The molecular weight excluding hydrogens is 388 g/mol. The van der Waals surface area contributed by atoms with E-state index in [4.69, 9.17) is 0 Å². The summed E-state index contributed by atoms with van der Waals surface area (Å²) in [6, 6.07) is 0. The van der Waals surface area contributed by atoms with Crippen LogP contribution in [0.3, 0.4) is 0 Å². The van der Waals surface area contributed by atoms with Gasteiger partial charge in [0, 0.05) is 0 Å². The van der Waals surface area contributed by atoms with Crippen LogP contribution in [0.15, 0.2) is 23.3 Å². The number of aliphatic hydroxyl groups excluding tert-OH is 2. The van der Waals surface area contributed by atoms with Crippen LogP contribution in [-0.2, 0) is 4.79 Å². The number of hydrogen-bond acceptors (Lipinski definition) is 4. The predicted molar refractivity (Wildman–Crippen MR) is 124 cm³/mol. The molecule has 0 unspecified atom stereocenters. The second-order valence-corrected chi connectivity index (χ2v) is 11.6. The normalized spacial score (nSPS) is 38.8. The van der Waals surface area contributed by atoms with Crippen molar-refractivity contribution in [2.45, 2.75) is 110 Å². The van der Waals surface area contributed by atoms with E-state index in [1.54, 1.807) is 5.57 Å². The zero-order valence-electron chi connectivity index (χ0n) is 20.2. The number of carbonyl (C=O) groups is 1. The van der Waals surface area contributed by atoms with Crippen molar-refractivity contribution in [3.8, 4) is 0 Å². The summed E-state index contributed by atoms with van der Waals surface area (Å²) in [4.78, 5) is 12.3. The Morgan fingerprint density at radius 1 is 1.19 bits per heavy atom. The molecule has 0 spiro atoms.